The van der Waals surface area contributed by atoms with Crippen LogP contribution in [0.15, 0.2) is 11.8 Å². The molecule has 0 amide bonds. The number of hydrogen-bond acceptors (Lipinski definition) is 4. The maximum Gasteiger partial charge on any atom is 0.113 e. The molecule has 80 valence electrons. The molecule has 1 fully saturated rings. The maximum absolute atomic E-state index is 5.67. The Hall–Kier alpha value is -0.580. The minimum Gasteiger partial charge on any atom is -0.496 e. The lowest BCUT2D eigenvalue weighted by Gasteiger charge is -2.25. The van der Waals surface area contributed by atoms with Gasteiger partial charge in [0.1, 0.15) is 11.8 Å². The highest BCUT2D eigenvalue weighted by Gasteiger charge is 2.35. The van der Waals surface area contributed by atoms with Crippen LogP contribution in [0.1, 0.15) is 19.8 Å². The lowest BCUT2D eigenvalue weighted by atomic mass is 9.96. The molecule has 0 radical (unpaired) electrons. The summed E-state index contributed by atoms with van der Waals surface area (Å²) in [7, 11) is 0. The van der Waals surface area contributed by atoms with Crippen molar-refractivity contribution in [2.75, 3.05) is 13.2 Å². The number of nitrogens with one attached hydrogen (secondary N) is 1. The minimum absolute atomic E-state index is 0.0231. The molecule has 0 aliphatic carbocycles. The molecule has 3 N–H and O–H groups in total. The van der Waals surface area contributed by atoms with Crippen molar-refractivity contribution in [1.29, 1.82) is 0 Å². The summed E-state index contributed by atoms with van der Waals surface area (Å²) in [4.78, 5) is 0. The summed E-state index contributed by atoms with van der Waals surface area (Å²) in [5.41, 5.74) is 2.80. The average molecular weight is 198 g/mol. The minimum atomic E-state index is 0.0231. The number of ether oxygens (including phenoxy) is 2. The zero-order chi connectivity index (χ0) is 9.97. The van der Waals surface area contributed by atoms with Gasteiger partial charge in [0.2, 0.25) is 0 Å². The van der Waals surface area contributed by atoms with Crippen molar-refractivity contribution in [3.05, 3.63) is 11.8 Å². The molecule has 0 saturated carbocycles. The van der Waals surface area contributed by atoms with Gasteiger partial charge in [0.05, 0.1) is 12.7 Å². The molecule has 0 spiro atoms. The van der Waals surface area contributed by atoms with Gasteiger partial charge in [-0.15, -0.1) is 0 Å². The molecule has 0 aromatic heterocycles. The van der Waals surface area contributed by atoms with Gasteiger partial charge in [0, 0.05) is 13.0 Å². The first-order valence-corrected chi connectivity index (χ1v) is 5.23. The Bertz CT molecular complexity index is 230. The Morgan fingerprint density at radius 3 is 2.93 bits per heavy atom. The van der Waals surface area contributed by atoms with Gasteiger partial charge in [0.25, 0.3) is 0 Å². The van der Waals surface area contributed by atoms with Crippen molar-refractivity contribution in [3.63, 3.8) is 0 Å². The second-order valence-corrected chi connectivity index (χ2v) is 3.99. The van der Waals surface area contributed by atoms with Gasteiger partial charge >= 0.3 is 0 Å². The Kier molecular flexibility index (Phi) is 3.05. The van der Waals surface area contributed by atoms with Gasteiger partial charge < -0.3 is 9.47 Å². The van der Waals surface area contributed by atoms with Crippen molar-refractivity contribution in [3.8, 4) is 0 Å². The third-order valence-electron chi connectivity index (χ3n) is 2.99. The van der Waals surface area contributed by atoms with Gasteiger partial charge in [-0.1, -0.05) is 6.92 Å². The highest BCUT2D eigenvalue weighted by molar-refractivity contribution is 5.10. The van der Waals surface area contributed by atoms with Crippen molar-refractivity contribution >= 4 is 0 Å². The lowest BCUT2D eigenvalue weighted by Crippen LogP contribution is -2.47. The first-order valence-electron chi connectivity index (χ1n) is 5.23. The van der Waals surface area contributed by atoms with Crippen molar-refractivity contribution in [1.82, 2.24) is 5.43 Å². The zero-order valence-electron chi connectivity index (χ0n) is 8.53. The second-order valence-electron chi connectivity index (χ2n) is 3.99. The summed E-state index contributed by atoms with van der Waals surface area (Å²) in [5, 5.41) is 0. The second kappa shape index (κ2) is 4.29. The fourth-order valence-corrected chi connectivity index (χ4v) is 2.14. The zero-order valence-corrected chi connectivity index (χ0v) is 8.53. The van der Waals surface area contributed by atoms with Crippen LogP contribution in [0, 0.1) is 5.92 Å². The largest absolute Gasteiger partial charge is 0.496 e. The fourth-order valence-electron chi connectivity index (χ4n) is 2.14. The van der Waals surface area contributed by atoms with Gasteiger partial charge in [-0.2, -0.15) is 0 Å². The van der Waals surface area contributed by atoms with E-state index in [-0.39, 0.29) is 12.1 Å². The summed E-state index contributed by atoms with van der Waals surface area (Å²) >= 11 is 0. The smallest absolute Gasteiger partial charge is 0.113 e. The number of rotatable bonds is 3. The maximum atomic E-state index is 5.67. The molecule has 2 rings (SSSR count). The third-order valence-corrected chi connectivity index (χ3v) is 2.99. The third kappa shape index (κ3) is 1.78. The van der Waals surface area contributed by atoms with Crippen molar-refractivity contribution in [2.45, 2.75) is 31.9 Å². The predicted octanol–water partition coefficient (Wildman–Crippen LogP) is 0.548. The van der Waals surface area contributed by atoms with Crippen molar-refractivity contribution < 1.29 is 9.47 Å². The van der Waals surface area contributed by atoms with Crippen molar-refractivity contribution in [2.24, 2.45) is 11.8 Å². The van der Waals surface area contributed by atoms with Crippen LogP contribution in [0.3, 0.4) is 0 Å². The molecule has 0 aromatic carbocycles. The molecule has 1 saturated heterocycles. The normalized spacial score (nSPS) is 34.0. The van der Waals surface area contributed by atoms with Crippen LogP contribution >= 0.6 is 0 Å². The molecule has 2 heterocycles. The summed E-state index contributed by atoms with van der Waals surface area (Å²) in [6, 6.07) is 0.0231. The summed E-state index contributed by atoms with van der Waals surface area (Å²) < 4.78 is 11.2. The van der Waals surface area contributed by atoms with E-state index in [2.05, 4.69) is 18.4 Å². The first kappa shape index (κ1) is 9.96. The quantitative estimate of drug-likeness (QED) is 0.513. The van der Waals surface area contributed by atoms with E-state index in [9.17, 15) is 0 Å². The number of hydrogen-bond donors (Lipinski definition) is 2. The van der Waals surface area contributed by atoms with Crippen LogP contribution in [0.25, 0.3) is 0 Å². The van der Waals surface area contributed by atoms with E-state index in [1.165, 1.54) is 0 Å². The predicted molar refractivity (Wildman–Crippen MR) is 53.3 cm³/mol. The Balaban J connectivity index is 2.04. The van der Waals surface area contributed by atoms with Gasteiger partial charge in [-0.3, -0.25) is 5.84 Å². The van der Waals surface area contributed by atoms with Crippen LogP contribution in [0.5, 0.6) is 0 Å². The molecule has 4 heteroatoms. The molecule has 3 atom stereocenters. The summed E-state index contributed by atoms with van der Waals surface area (Å²) in [5.74, 6) is 7.04. The van der Waals surface area contributed by atoms with Gasteiger partial charge in [-0.25, -0.2) is 5.43 Å². The van der Waals surface area contributed by atoms with Crippen LogP contribution in [-0.4, -0.2) is 25.4 Å². The van der Waals surface area contributed by atoms with E-state index < -0.39 is 0 Å². The SMILES string of the molecule is CC1CCOC1C(NN)C1=CCCO1. The molecule has 2 aliphatic heterocycles. The van der Waals surface area contributed by atoms with Gasteiger partial charge in [-0.05, 0) is 18.4 Å². The number of nitrogens with two attached hydrogens (primary N) is 1. The number of hydrazine groups is 1. The molecule has 0 aromatic rings. The van der Waals surface area contributed by atoms with E-state index >= 15 is 0 Å². The van der Waals surface area contributed by atoms with Crippen LogP contribution in [0.4, 0.5) is 0 Å². The first-order chi connectivity index (χ1) is 6.83. The van der Waals surface area contributed by atoms with Crippen LogP contribution in [-0.2, 0) is 9.47 Å². The Labute approximate surface area is 84.4 Å². The molecule has 2 aliphatic rings. The summed E-state index contributed by atoms with van der Waals surface area (Å²) in [6.45, 7) is 3.80. The monoisotopic (exact) mass is 198 g/mol. The van der Waals surface area contributed by atoms with E-state index in [0.29, 0.717) is 5.92 Å². The Morgan fingerprint density at radius 1 is 1.57 bits per heavy atom. The molecule has 3 unspecified atom stereocenters. The highest BCUT2D eigenvalue weighted by Crippen LogP contribution is 2.27. The molecule has 14 heavy (non-hydrogen) atoms. The molecular weight excluding hydrogens is 180 g/mol. The van der Waals surface area contributed by atoms with Crippen LogP contribution < -0.4 is 11.3 Å². The van der Waals surface area contributed by atoms with E-state index in [0.717, 1.165) is 31.8 Å². The summed E-state index contributed by atoms with van der Waals surface area (Å²) in [6.07, 6.45) is 4.34. The van der Waals surface area contributed by atoms with E-state index in [4.69, 9.17) is 15.3 Å². The molecule has 0 bridgehead atoms. The van der Waals surface area contributed by atoms with Gasteiger partial charge in [0.15, 0.2) is 0 Å². The Morgan fingerprint density at radius 2 is 2.43 bits per heavy atom. The molecule has 4 nitrogen and oxygen atoms in total. The molecular formula is C10H18N2O2. The standard InChI is InChI=1S/C10H18N2O2/c1-7-4-6-14-10(7)9(12-11)8-3-2-5-13-8/h3,7,9-10,12H,2,4-6,11H2,1H3. The fraction of sp³-hybridized carbons (Fsp3) is 0.800. The highest BCUT2D eigenvalue weighted by atomic mass is 16.5. The van der Waals surface area contributed by atoms with E-state index in [1.54, 1.807) is 0 Å². The topological polar surface area (TPSA) is 56.5 Å². The lowest BCUT2D eigenvalue weighted by molar-refractivity contribution is 0.0520. The van der Waals surface area contributed by atoms with Crippen LogP contribution in [0.2, 0.25) is 0 Å². The van der Waals surface area contributed by atoms with E-state index in [1.807, 2.05) is 0 Å². The average Bonchev–Trinajstić information content (AvgIpc) is 2.80.